The highest BCUT2D eigenvalue weighted by Gasteiger charge is 2.27. The molecule has 0 saturated carbocycles. The lowest BCUT2D eigenvalue weighted by Gasteiger charge is -2.20. The quantitative estimate of drug-likeness (QED) is 0.830. The number of anilines is 2. The molecule has 0 spiro atoms. The van der Waals surface area contributed by atoms with E-state index in [1.165, 1.54) is 6.26 Å². The van der Waals surface area contributed by atoms with Crippen molar-refractivity contribution in [2.24, 2.45) is 11.8 Å². The molecule has 2 unspecified atom stereocenters. The van der Waals surface area contributed by atoms with Crippen molar-refractivity contribution in [2.45, 2.75) is 18.7 Å². The smallest absolute Gasteiger partial charge is 0.175 e. The highest BCUT2D eigenvalue weighted by molar-refractivity contribution is 7.90. The molecule has 0 aromatic heterocycles. The molecule has 1 aromatic carbocycles. The van der Waals surface area contributed by atoms with Crippen molar-refractivity contribution in [3.8, 4) is 0 Å². The number of sulfone groups is 1. The molecule has 1 saturated heterocycles. The fourth-order valence-electron chi connectivity index (χ4n) is 2.38. The van der Waals surface area contributed by atoms with Crippen LogP contribution in [0.1, 0.15) is 13.8 Å². The van der Waals surface area contributed by atoms with Gasteiger partial charge in [-0.25, -0.2) is 8.42 Å². The summed E-state index contributed by atoms with van der Waals surface area (Å²) in [5.41, 5.74) is 7.47. The topological polar surface area (TPSA) is 63.4 Å². The number of benzene rings is 1. The van der Waals surface area contributed by atoms with E-state index in [1.54, 1.807) is 12.1 Å². The first-order chi connectivity index (χ1) is 8.29. The highest BCUT2D eigenvalue weighted by atomic mass is 32.2. The van der Waals surface area contributed by atoms with Gasteiger partial charge in [-0.2, -0.15) is 0 Å². The van der Waals surface area contributed by atoms with Crippen molar-refractivity contribution in [3.05, 3.63) is 18.2 Å². The summed E-state index contributed by atoms with van der Waals surface area (Å²) in [6, 6.07) is 5.00. The van der Waals surface area contributed by atoms with Crippen LogP contribution in [0.4, 0.5) is 11.4 Å². The molecule has 1 aliphatic rings. The lowest BCUT2D eigenvalue weighted by Crippen LogP contribution is -2.21. The zero-order valence-corrected chi connectivity index (χ0v) is 11.9. The molecule has 2 rings (SSSR count). The van der Waals surface area contributed by atoms with Gasteiger partial charge in [-0.1, -0.05) is 13.8 Å². The van der Waals surface area contributed by atoms with Gasteiger partial charge in [0.25, 0.3) is 0 Å². The van der Waals surface area contributed by atoms with E-state index in [0.29, 0.717) is 17.5 Å². The molecule has 1 fully saturated rings. The van der Waals surface area contributed by atoms with Gasteiger partial charge in [-0.3, -0.25) is 0 Å². The summed E-state index contributed by atoms with van der Waals surface area (Å²) in [5, 5.41) is 0. The molecule has 1 aliphatic heterocycles. The Morgan fingerprint density at radius 2 is 1.78 bits per heavy atom. The van der Waals surface area contributed by atoms with Gasteiger partial charge in [-0.15, -0.1) is 0 Å². The Bertz CT molecular complexity index is 544. The first-order valence-electron chi connectivity index (χ1n) is 6.13. The van der Waals surface area contributed by atoms with Crippen molar-refractivity contribution in [3.63, 3.8) is 0 Å². The Morgan fingerprint density at radius 3 is 2.22 bits per heavy atom. The number of nitrogen functional groups attached to an aromatic ring is 1. The van der Waals surface area contributed by atoms with Crippen LogP contribution in [0.3, 0.4) is 0 Å². The van der Waals surface area contributed by atoms with Crippen LogP contribution < -0.4 is 10.6 Å². The second-order valence-electron chi connectivity index (χ2n) is 5.35. The van der Waals surface area contributed by atoms with Gasteiger partial charge in [0, 0.05) is 19.3 Å². The number of nitrogens with zero attached hydrogens (tertiary/aromatic N) is 1. The molecule has 1 heterocycles. The predicted octanol–water partition coefficient (Wildman–Crippen LogP) is 1.76. The van der Waals surface area contributed by atoms with E-state index in [-0.39, 0.29) is 4.90 Å². The van der Waals surface area contributed by atoms with Gasteiger partial charge < -0.3 is 10.6 Å². The van der Waals surface area contributed by atoms with E-state index in [0.717, 1.165) is 18.8 Å². The summed E-state index contributed by atoms with van der Waals surface area (Å²) in [4.78, 5) is 2.51. The van der Waals surface area contributed by atoms with Gasteiger partial charge in [0.15, 0.2) is 9.84 Å². The molecule has 100 valence electrons. The van der Waals surface area contributed by atoms with Crippen molar-refractivity contribution in [1.29, 1.82) is 0 Å². The molecule has 0 radical (unpaired) electrons. The minimum absolute atomic E-state index is 0.282. The molecule has 0 aliphatic carbocycles. The van der Waals surface area contributed by atoms with E-state index in [9.17, 15) is 8.42 Å². The Hall–Kier alpha value is -1.23. The van der Waals surface area contributed by atoms with Crippen LogP contribution >= 0.6 is 0 Å². The van der Waals surface area contributed by atoms with E-state index in [1.807, 2.05) is 6.07 Å². The summed E-state index contributed by atoms with van der Waals surface area (Å²) in [7, 11) is -3.19. The van der Waals surface area contributed by atoms with Gasteiger partial charge in [0.1, 0.15) is 0 Å². The summed E-state index contributed by atoms with van der Waals surface area (Å²) >= 11 is 0. The number of nitrogens with two attached hydrogens (primary N) is 1. The predicted molar refractivity (Wildman–Crippen MR) is 74.5 cm³/mol. The third-order valence-corrected chi connectivity index (χ3v) is 4.87. The van der Waals surface area contributed by atoms with E-state index >= 15 is 0 Å². The van der Waals surface area contributed by atoms with Crippen LogP contribution in [0.2, 0.25) is 0 Å². The molecule has 2 atom stereocenters. The lowest BCUT2D eigenvalue weighted by molar-refractivity contribution is 0.494. The molecule has 5 heteroatoms. The van der Waals surface area contributed by atoms with Gasteiger partial charge in [-0.05, 0) is 30.0 Å². The Balaban J connectivity index is 2.32. The van der Waals surface area contributed by atoms with Crippen LogP contribution in [0.15, 0.2) is 23.1 Å². The molecule has 2 N–H and O–H groups in total. The summed E-state index contributed by atoms with van der Waals surface area (Å²) in [6.45, 7) is 6.41. The second kappa shape index (κ2) is 4.46. The van der Waals surface area contributed by atoms with Gasteiger partial charge in [0.2, 0.25) is 0 Å². The van der Waals surface area contributed by atoms with Crippen molar-refractivity contribution in [2.75, 3.05) is 30.0 Å². The largest absolute Gasteiger partial charge is 0.397 e. The molecular formula is C13H20N2O2S. The van der Waals surface area contributed by atoms with Crippen LogP contribution in [0, 0.1) is 11.8 Å². The summed E-state index contributed by atoms with van der Waals surface area (Å²) in [5.74, 6) is 1.28. The third kappa shape index (κ3) is 2.46. The maximum atomic E-state index is 11.5. The molecule has 18 heavy (non-hydrogen) atoms. The number of hydrogen-bond donors (Lipinski definition) is 1. The van der Waals surface area contributed by atoms with Crippen LogP contribution in [-0.4, -0.2) is 27.8 Å². The monoisotopic (exact) mass is 268 g/mol. The minimum Gasteiger partial charge on any atom is -0.397 e. The molecule has 0 bridgehead atoms. The number of hydrogen-bond acceptors (Lipinski definition) is 4. The zero-order chi connectivity index (χ0) is 13.5. The maximum Gasteiger partial charge on any atom is 0.175 e. The van der Waals surface area contributed by atoms with Crippen molar-refractivity contribution < 1.29 is 8.42 Å². The Kier molecular flexibility index (Phi) is 3.27. The summed E-state index contributed by atoms with van der Waals surface area (Å²) in [6.07, 6.45) is 1.20. The fraction of sp³-hybridized carbons (Fsp3) is 0.538. The first kappa shape index (κ1) is 13.2. The molecular weight excluding hydrogens is 248 g/mol. The van der Waals surface area contributed by atoms with Crippen molar-refractivity contribution in [1.82, 2.24) is 0 Å². The Morgan fingerprint density at radius 1 is 1.22 bits per heavy atom. The third-order valence-electron chi connectivity index (χ3n) is 3.76. The SMILES string of the molecule is CC1CN(c2ccc(S(C)(=O)=O)cc2N)CC1C. The lowest BCUT2D eigenvalue weighted by atomic mass is 10.0. The fourth-order valence-corrected chi connectivity index (χ4v) is 3.03. The van der Waals surface area contributed by atoms with E-state index in [2.05, 4.69) is 18.7 Å². The second-order valence-corrected chi connectivity index (χ2v) is 7.37. The zero-order valence-electron chi connectivity index (χ0n) is 11.1. The van der Waals surface area contributed by atoms with Gasteiger partial charge >= 0.3 is 0 Å². The summed E-state index contributed by atoms with van der Waals surface area (Å²) < 4.78 is 22.9. The van der Waals surface area contributed by atoms with Crippen LogP contribution in [0.5, 0.6) is 0 Å². The number of rotatable bonds is 2. The average Bonchev–Trinajstić information content (AvgIpc) is 2.57. The highest BCUT2D eigenvalue weighted by Crippen LogP contribution is 2.32. The normalized spacial score (nSPS) is 24.5. The maximum absolute atomic E-state index is 11.5. The standard InChI is InChI=1S/C13H20N2O2S/c1-9-7-15(8-10(9)2)13-5-4-11(6-12(13)14)18(3,16)17/h4-6,9-10H,7-8,14H2,1-3H3. The average molecular weight is 268 g/mol. The minimum atomic E-state index is -3.19. The molecule has 0 amide bonds. The van der Waals surface area contributed by atoms with Crippen molar-refractivity contribution >= 4 is 21.2 Å². The molecule has 4 nitrogen and oxygen atoms in total. The van der Waals surface area contributed by atoms with E-state index in [4.69, 9.17) is 5.73 Å². The van der Waals surface area contributed by atoms with E-state index < -0.39 is 9.84 Å². The first-order valence-corrected chi connectivity index (χ1v) is 8.02. The van der Waals surface area contributed by atoms with Crippen LogP contribution in [0.25, 0.3) is 0 Å². The molecule has 1 aromatic rings. The van der Waals surface area contributed by atoms with Crippen LogP contribution in [-0.2, 0) is 9.84 Å². The Labute approximate surface area is 109 Å². The van der Waals surface area contributed by atoms with Gasteiger partial charge in [0.05, 0.1) is 16.3 Å².